The van der Waals surface area contributed by atoms with E-state index in [0.717, 1.165) is 43.4 Å². The molecule has 0 spiro atoms. The minimum absolute atomic E-state index is 0.385. The predicted octanol–water partition coefficient (Wildman–Crippen LogP) is 2.09. The van der Waals surface area contributed by atoms with Gasteiger partial charge in [-0.15, -0.1) is 0 Å². The third kappa shape index (κ3) is 2.90. The molecule has 1 saturated heterocycles. The Kier molecular flexibility index (Phi) is 4.36. The van der Waals surface area contributed by atoms with Crippen LogP contribution in [0.25, 0.3) is 0 Å². The quantitative estimate of drug-likeness (QED) is 0.838. The van der Waals surface area contributed by atoms with Crippen LogP contribution in [0.5, 0.6) is 0 Å². The van der Waals surface area contributed by atoms with Crippen molar-refractivity contribution in [2.75, 3.05) is 37.4 Å². The summed E-state index contributed by atoms with van der Waals surface area (Å²) in [7, 11) is 1.89. The van der Waals surface area contributed by atoms with Crippen LogP contribution in [0.1, 0.15) is 31.7 Å². The van der Waals surface area contributed by atoms with Gasteiger partial charge in [-0.3, -0.25) is 0 Å². The molecule has 5 heteroatoms. The number of nitrogens with one attached hydrogen (secondary N) is 2. The fourth-order valence-electron chi connectivity index (χ4n) is 2.27. The fraction of sp³-hybridized carbons (Fsp3) is 0.692. The van der Waals surface area contributed by atoms with E-state index in [1.807, 2.05) is 7.05 Å². The maximum Gasteiger partial charge on any atom is 0.134 e. The van der Waals surface area contributed by atoms with Crippen molar-refractivity contribution >= 4 is 11.6 Å². The molecule has 2 heterocycles. The number of aromatic nitrogens is 2. The Morgan fingerprint density at radius 2 is 2.17 bits per heavy atom. The molecule has 1 unspecified atom stereocenters. The first-order valence-corrected chi connectivity index (χ1v) is 6.56. The summed E-state index contributed by atoms with van der Waals surface area (Å²) in [4.78, 5) is 8.64. The van der Waals surface area contributed by atoms with E-state index >= 15 is 0 Å². The van der Waals surface area contributed by atoms with Gasteiger partial charge >= 0.3 is 0 Å². The van der Waals surface area contributed by atoms with E-state index in [2.05, 4.69) is 34.4 Å². The van der Waals surface area contributed by atoms with Crippen LogP contribution >= 0.6 is 0 Å². The summed E-state index contributed by atoms with van der Waals surface area (Å²) in [5.41, 5.74) is 1.15. The van der Waals surface area contributed by atoms with Crippen LogP contribution in [0.4, 0.5) is 11.6 Å². The Bertz CT molecular complexity index is 389. The van der Waals surface area contributed by atoms with Gasteiger partial charge < -0.3 is 15.4 Å². The lowest BCUT2D eigenvalue weighted by atomic mass is 10.0. The molecule has 1 atom stereocenters. The van der Waals surface area contributed by atoms with Crippen molar-refractivity contribution in [3.63, 3.8) is 0 Å². The predicted molar refractivity (Wildman–Crippen MR) is 73.1 cm³/mol. The van der Waals surface area contributed by atoms with Crippen LogP contribution in [0, 0.1) is 5.92 Å². The van der Waals surface area contributed by atoms with Crippen LogP contribution < -0.4 is 10.6 Å². The number of rotatable bonds is 5. The Morgan fingerprint density at radius 1 is 1.39 bits per heavy atom. The molecule has 1 fully saturated rings. The van der Waals surface area contributed by atoms with E-state index < -0.39 is 0 Å². The lowest BCUT2D eigenvalue weighted by Gasteiger charge is -2.17. The Hall–Kier alpha value is -1.36. The monoisotopic (exact) mass is 250 g/mol. The summed E-state index contributed by atoms with van der Waals surface area (Å²) >= 11 is 0. The lowest BCUT2D eigenvalue weighted by molar-refractivity contribution is 0.187. The molecule has 2 rings (SSSR count). The van der Waals surface area contributed by atoms with Gasteiger partial charge in [0, 0.05) is 31.7 Å². The molecule has 1 aromatic heterocycles. The van der Waals surface area contributed by atoms with Gasteiger partial charge in [-0.1, -0.05) is 13.8 Å². The van der Waals surface area contributed by atoms with Crippen LogP contribution in [-0.2, 0) is 4.74 Å². The Labute approximate surface area is 108 Å². The standard InChI is InChI=1S/C13H22N4O/c1-9(2)11-12(14-3)16-8-17-13(11)15-6-10-4-5-18-7-10/h8-10H,4-7H2,1-3H3,(H2,14,15,16,17). The number of nitrogens with zero attached hydrogens (tertiary/aromatic N) is 2. The maximum absolute atomic E-state index is 5.38. The molecule has 0 radical (unpaired) electrons. The van der Waals surface area contributed by atoms with Gasteiger partial charge in [-0.2, -0.15) is 0 Å². The number of ether oxygens (including phenoxy) is 1. The van der Waals surface area contributed by atoms with Crippen molar-refractivity contribution in [3.05, 3.63) is 11.9 Å². The molecule has 0 aromatic carbocycles. The zero-order valence-electron chi connectivity index (χ0n) is 11.4. The second-order valence-electron chi connectivity index (χ2n) is 5.00. The van der Waals surface area contributed by atoms with Gasteiger partial charge in [0.2, 0.25) is 0 Å². The first-order valence-electron chi connectivity index (χ1n) is 6.56. The van der Waals surface area contributed by atoms with Crippen molar-refractivity contribution in [2.24, 2.45) is 5.92 Å². The minimum Gasteiger partial charge on any atom is -0.381 e. The molecular formula is C13H22N4O. The van der Waals surface area contributed by atoms with Gasteiger partial charge in [-0.05, 0) is 12.3 Å². The average molecular weight is 250 g/mol. The van der Waals surface area contributed by atoms with Crippen LogP contribution in [0.2, 0.25) is 0 Å². The Morgan fingerprint density at radius 3 is 2.78 bits per heavy atom. The van der Waals surface area contributed by atoms with Crippen molar-refractivity contribution in [1.82, 2.24) is 9.97 Å². The van der Waals surface area contributed by atoms with Crippen molar-refractivity contribution in [1.29, 1.82) is 0 Å². The minimum atomic E-state index is 0.385. The van der Waals surface area contributed by atoms with Crippen molar-refractivity contribution in [2.45, 2.75) is 26.2 Å². The molecule has 100 valence electrons. The highest BCUT2D eigenvalue weighted by molar-refractivity contribution is 5.58. The Balaban J connectivity index is 2.10. The van der Waals surface area contributed by atoms with E-state index in [0.29, 0.717) is 11.8 Å². The summed E-state index contributed by atoms with van der Waals surface area (Å²) < 4.78 is 5.38. The molecule has 1 aliphatic heterocycles. The molecule has 0 amide bonds. The summed E-state index contributed by atoms with van der Waals surface area (Å²) in [5.74, 6) is 2.83. The topological polar surface area (TPSA) is 59.1 Å². The highest BCUT2D eigenvalue weighted by atomic mass is 16.5. The van der Waals surface area contributed by atoms with Crippen LogP contribution in [0.3, 0.4) is 0 Å². The highest BCUT2D eigenvalue weighted by Gasteiger charge is 2.18. The molecule has 0 saturated carbocycles. The second-order valence-corrected chi connectivity index (χ2v) is 5.00. The maximum atomic E-state index is 5.38. The van der Waals surface area contributed by atoms with E-state index in [9.17, 15) is 0 Å². The molecule has 1 aliphatic rings. The van der Waals surface area contributed by atoms with Gasteiger partial charge in [0.15, 0.2) is 0 Å². The molecule has 18 heavy (non-hydrogen) atoms. The van der Waals surface area contributed by atoms with Gasteiger partial charge in [-0.25, -0.2) is 9.97 Å². The zero-order chi connectivity index (χ0) is 13.0. The van der Waals surface area contributed by atoms with E-state index in [1.54, 1.807) is 6.33 Å². The fourth-order valence-corrected chi connectivity index (χ4v) is 2.27. The first-order chi connectivity index (χ1) is 8.72. The van der Waals surface area contributed by atoms with E-state index in [1.165, 1.54) is 0 Å². The summed E-state index contributed by atoms with van der Waals surface area (Å²) in [6.07, 6.45) is 2.74. The number of anilines is 2. The van der Waals surface area contributed by atoms with Crippen LogP contribution in [-0.4, -0.2) is 36.8 Å². The average Bonchev–Trinajstić information content (AvgIpc) is 2.88. The normalized spacial score (nSPS) is 19.2. The van der Waals surface area contributed by atoms with Crippen molar-refractivity contribution < 1.29 is 4.74 Å². The SMILES string of the molecule is CNc1ncnc(NCC2CCOC2)c1C(C)C. The zero-order valence-corrected chi connectivity index (χ0v) is 11.4. The number of hydrogen-bond donors (Lipinski definition) is 2. The van der Waals surface area contributed by atoms with Crippen LogP contribution in [0.15, 0.2) is 6.33 Å². The second kappa shape index (κ2) is 6.00. The molecule has 2 N–H and O–H groups in total. The molecular weight excluding hydrogens is 228 g/mol. The number of hydrogen-bond acceptors (Lipinski definition) is 5. The highest BCUT2D eigenvalue weighted by Crippen LogP contribution is 2.28. The third-order valence-corrected chi connectivity index (χ3v) is 3.28. The van der Waals surface area contributed by atoms with Gasteiger partial charge in [0.1, 0.15) is 18.0 Å². The van der Waals surface area contributed by atoms with E-state index in [4.69, 9.17) is 4.74 Å². The van der Waals surface area contributed by atoms with Gasteiger partial charge in [0.05, 0.1) is 6.61 Å². The molecule has 1 aromatic rings. The summed E-state index contributed by atoms with van der Waals surface area (Å²) in [6, 6.07) is 0. The third-order valence-electron chi connectivity index (χ3n) is 3.28. The smallest absolute Gasteiger partial charge is 0.134 e. The molecule has 0 bridgehead atoms. The summed E-state index contributed by atoms with van der Waals surface area (Å²) in [6.45, 7) is 6.97. The molecule has 0 aliphatic carbocycles. The first kappa shape index (κ1) is 13.1. The lowest BCUT2D eigenvalue weighted by Crippen LogP contribution is -2.17. The van der Waals surface area contributed by atoms with Crippen molar-refractivity contribution in [3.8, 4) is 0 Å². The summed E-state index contributed by atoms with van der Waals surface area (Å²) in [5, 5.41) is 6.57. The van der Waals surface area contributed by atoms with E-state index in [-0.39, 0.29) is 0 Å². The van der Waals surface area contributed by atoms with Gasteiger partial charge in [0.25, 0.3) is 0 Å². The largest absolute Gasteiger partial charge is 0.381 e. The molecule has 5 nitrogen and oxygen atoms in total.